The molecule has 4 rings (SSSR count). The minimum Gasteiger partial charge on any atom is -0.507 e. The van der Waals surface area contributed by atoms with Crippen molar-refractivity contribution >= 4 is 57.8 Å². The minimum absolute atomic E-state index is 0.0639. The lowest BCUT2D eigenvalue weighted by molar-refractivity contribution is -0.122. The van der Waals surface area contributed by atoms with Crippen LogP contribution in [0.2, 0.25) is 0 Å². The molecule has 0 unspecified atom stereocenters. The standard InChI is InChI=1S/C29H24F2N2O7S2/c1-14-8-16(26(35)18(9-14)15-4-5-19(30)20(31)10-15)13-23-27(36)33(29(41)42-23)7-6-24(34)32-25-21(39-2)11-17(28(37)38)12-22(25)40-3/h4-5,8-13,35H,6-7H2,1-3H3,(H,32,34)(H,37,38). The van der Waals surface area contributed by atoms with Crippen molar-refractivity contribution in [3.63, 3.8) is 0 Å². The summed E-state index contributed by atoms with van der Waals surface area (Å²) in [6, 6.07) is 9.01. The smallest absolute Gasteiger partial charge is 0.335 e. The van der Waals surface area contributed by atoms with E-state index in [-0.39, 0.29) is 67.4 Å². The third-order valence-corrected chi connectivity index (χ3v) is 7.63. The molecule has 2 amide bonds. The third kappa shape index (κ3) is 6.37. The van der Waals surface area contributed by atoms with Gasteiger partial charge in [0.1, 0.15) is 27.3 Å². The second kappa shape index (κ2) is 12.6. The first kappa shape index (κ1) is 30.5. The predicted octanol–water partition coefficient (Wildman–Crippen LogP) is 5.59. The van der Waals surface area contributed by atoms with Gasteiger partial charge >= 0.3 is 5.97 Å². The lowest BCUT2D eigenvalue weighted by atomic mass is 9.98. The zero-order valence-electron chi connectivity index (χ0n) is 22.5. The highest BCUT2D eigenvalue weighted by molar-refractivity contribution is 8.26. The molecule has 0 bridgehead atoms. The number of carbonyl (C=O) groups excluding carboxylic acids is 2. The normalized spacial score (nSPS) is 13.9. The van der Waals surface area contributed by atoms with E-state index in [0.29, 0.717) is 5.56 Å². The minimum atomic E-state index is -1.20. The predicted molar refractivity (Wildman–Crippen MR) is 158 cm³/mol. The van der Waals surface area contributed by atoms with Gasteiger partial charge in [-0.2, -0.15) is 0 Å². The van der Waals surface area contributed by atoms with E-state index in [1.807, 2.05) is 0 Å². The van der Waals surface area contributed by atoms with Crippen LogP contribution in [0.1, 0.15) is 27.9 Å². The van der Waals surface area contributed by atoms with Crippen LogP contribution < -0.4 is 14.8 Å². The maximum atomic E-state index is 13.8. The Morgan fingerprint density at radius 3 is 2.33 bits per heavy atom. The number of ether oxygens (including phenoxy) is 2. The number of carboxylic acids is 1. The number of anilines is 1. The van der Waals surface area contributed by atoms with Crippen molar-refractivity contribution in [2.24, 2.45) is 0 Å². The summed E-state index contributed by atoms with van der Waals surface area (Å²) in [5.41, 5.74) is 1.53. The summed E-state index contributed by atoms with van der Waals surface area (Å²) < 4.78 is 37.9. The van der Waals surface area contributed by atoms with E-state index in [4.69, 9.17) is 21.7 Å². The second-order valence-electron chi connectivity index (χ2n) is 9.07. The number of rotatable bonds is 9. The first-order valence-electron chi connectivity index (χ1n) is 12.3. The monoisotopic (exact) mass is 614 g/mol. The molecule has 0 aromatic heterocycles. The molecule has 1 saturated heterocycles. The van der Waals surface area contributed by atoms with E-state index in [1.54, 1.807) is 19.1 Å². The number of amides is 2. The number of aromatic hydroxyl groups is 1. The van der Waals surface area contributed by atoms with Crippen molar-refractivity contribution in [1.82, 2.24) is 4.90 Å². The SMILES string of the molecule is COc1cc(C(=O)O)cc(OC)c1NC(=O)CCN1C(=O)C(=Cc2cc(C)cc(-c3ccc(F)c(F)c3)c2O)SC1=S. The summed E-state index contributed by atoms with van der Waals surface area (Å²) in [6.45, 7) is 1.69. The first-order chi connectivity index (χ1) is 19.9. The van der Waals surface area contributed by atoms with Gasteiger partial charge in [0.25, 0.3) is 5.91 Å². The molecule has 0 radical (unpaired) electrons. The number of phenols is 1. The zero-order chi connectivity index (χ0) is 30.7. The largest absolute Gasteiger partial charge is 0.507 e. The van der Waals surface area contributed by atoms with E-state index in [2.05, 4.69) is 5.32 Å². The Bertz CT molecular complexity index is 1630. The highest BCUT2D eigenvalue weighted by atomic mass is 32.2. The average molecular weight is 615 g/mol. The Morgan fingerprint density at radius 1 is 1.07 bits per heavy atom. The van der Waals surface area contributed by atoms with Crippen molar-refractivity contribution in [3.8, 4) is 28.4 Å². The van der Waals surface area contributed by atoms with E-state index in [1.165, 1.54) is 43.4 Å². The summed E-state index contributed by atoms with van der Waals surface area (Å²) in [5.74, 6) is -4.34. The molecule has 42 heavy (non-hydrogen) atoms. The fourth-order valence-electron chi connectivity index (χ4n) is 4.21. The Hall–Kier alpha value is -4.49. The van der Waals surface area contributed by atoms with Crippen LogP contribution in [0.5, 0.6) is 17.2 Å². The fourth-order valence-corrected chi connectivity index (χ4v) is 5.51. The summed E-state index contributed by atoms with van der Waals surface area (Å²) in [6.07, 6.45) is 1.29. The second-order valence-corrected chi connectivity index (χ2v) is 10.7. The number of phenolic OH excluding ortho intramolecular Hbond substituents is 1. The molecule has 0 saturated carbocycles. The number of aromatic carboxylic acids is 1. The van der Waals surface area contributed by atoms with Crippen LogP contribution in [0.4, 0.5) is 14.5 Å². The van der Waals surface area contributed by atoms with Crippen molar-refractivity contribution in [1.29, 1.82) is 0 Å². The van der Waals surface area contributed by atoms with Crippen molar-refractivity contribution in [2.75, 3.05) is 26.1 Å². The maximum Gasteiger partial charge on any atom is 0.335 e. The number of carbonyl (C=O) groups is 3. The van der Waals surface area contributed by atoms with Crippen molar-refractivity contribution < 1.29 is 42.9 Å². The van der Waals surface area contributed by atoms with Crippen LogP contribution in [0, 0.1) is 18.6 Å². The van der Waals surface area contributed by atoms with E-state index in [0.717, 1.165) is 23.9 Å². The molecule has 218 valence electrons. The molecule has 1 heterocycles. The van der Waals surface area contributed by atoms with E-state index < -0.39 is 29.4 Å². The number of benzene rings is 3. The Balaban J connectivity index is 1.51. The summed E-state index contributed by atoms with van der Waals surface area (Å²) in [7, 11) is 2.63. The number of methoxy groups -OCH3 is 2. The number of thiocarbonyl (C=S) groups is 1. The van der Waals surface area contributed by atoms with Gasteiger partial charge < -0.3 is 25.0 Å². The third-order valence-electron chi connectivity index (χ3n) is 6.25. The van der Waals surface area contributed by atoms with Crippen LogP contribution in [0.25, 0.3) is 17.2 Å². The number of nitrogens with zero attached hydrogens (tertiary/aromatic N) is 1. The van der Waals surface area contributed by atoms with Gasteiger partial charge in [0.15, 0.2) is 11.6 Å². The Labute approximate surface area is 248 Å². The van der Waals surface area contributed by atoms with Gasteiger partial charge in [-0.05, 0) is 60.5 Å². The molecule has 13 heteroatoms. The first-order valence-corrected chi connectivity index (χ1v) is 13.5. The molecule has 0 spiro atoms. The summed E-state index contributed by atoms with van der Waals surface area (Å²) in [5, 5.41) is 22.8. The Morgan fingerprint density at radius 2 is 1.74 bits per heavy atom. The maximum absolute atomic E-state index is 13.8. The van der Waals surface area contributed by atoms with E-state index in [9.17, 15) is 33.4 Å². The average Bonchev–Trinajstić information content (AvgIpc) is 3.22. The molecule has 0 aliphatic carbocycles. The van der Waals surface area contributed by atoms with Crippen LogP contribution in [-0.2, 0) is 9.59 Å². The molecule has 1 fully saturated rings. The van der Waals surface area contributed by atoms with Crippen molar-refractivity contribution in [2.45, 2.75) is 13.3 Å². The van der Waals surface area contributed by atoms with Gasteiger partial charge in [-0.15, -0.1) is 0 Å². The van der Waals surface area contributed by atoms with Gasteiger partial charge in [0.05, 0.1) is 24.7 Å². The van der Waals surface area contributed by atoms with E-state index >= 15 is 0 Å². The fraction of sp³-hybridized carbons (Fsp3) is 0.172. The highest BCUT2D eigenvalue weighted by Crippen LogP contribution is 2.39. The molecule has 0 atom stereocenters. The zero-order valence-corrected chi connectivity index (χ0v) is 24.1. The van der Waals surface area contributed by atoms with Gasteiger partial charge in [-0.3, -0.25) is 14.5 Å². The number of hydrogen-bond donors (Lipinski definition) is 3. The van der Waals surface area contributed by atoms with Crippen LogP contribution in [0.15, 0.2) is 47.4 Å². The highest BCUT2D eigenvalue weighted by Gasteiger charge is 2.32. The van der Waals surface area contributed by atoms with Crippen LogP contribution in [-0.4, -0.2) is 58.0 Å². The molecule has 3 aromatic carbocycles. The molecule has 9 nitrogen and oxygen atoms in total. The molecule has 3 N–H and O–H groups in total. The molecular formula is C29H24F2N2O7S2. The number of carboxylic acid groups (broad SMARTS) is 1. The lowest BCUT2D eigenvalue weighted by Crippen LogP contribution is -2.31. The molecular weight excluding hydrogens is 590 g/mol. The summed E-state index contributed by atoms with van der Waals surface area (Å²) >= 11 is 6.35. The van der Waals surface area contributed by atoms with Gasteiger partial charge in [-0.1, -0.05) is 30.0 Å². The van der Waals surface area contributed by atoms with Gasteiger partial charge in [-0.25, -0.2) is 13.6 Å². The number of aryl methyl sites for hydroxylation is 1. The van der Waals surface area contributed by atoms with Gasteiger partial charge in [0, 0.05) is 24.1 Å². The topological polar surface area (TPSA) is 125 Å². The lowest BCUT2D eigenvalue weighted by Gasteiger charge is -2.17. The Kier molecular flexibility index (Phi) is 9.12. The van der Waals surface area contributed by atoms with Gasteiger partial charge in [0.2, 0.25) is 5.91 Å². The van der Waals surface area contributed by atoms with Crippen molar-refractivity contribution in [3.05, 3.63) is 75.7 Å². The molecule has 1 aliphatic heterocycles. The van der Waals surface area contributed by atoms with Crippen LogP contribution >= 0.6 is 24.0 Å². The number of thioether (sulfide) groups is 1. The molecule has 3 aromatic rings. The van der Waals surface area contributed by atoms with Crippen LogP contribution in [0.3, 0.4) is 0 Å². The number of halogens is 2. The number of hydrogen-bond acceptors (Lipinski definition) is 8. The quantitative estimate of drug-likeness (QED) is 0.209. The number of nitrogens with one attached hydrogen (secondary N) is 1. The summed E-state index contributed by atoms with van der Waals surface area (Å²) in [4.78, 5) is 38.8. The molecule has 1 aliphatic rings.